The molecular formula is C13H27N3O. The lowest BCUT2D eigenvalue weighted by molar-refractivity contribution is -0.124. The number of amides is 1. The van der Waals surface area contributed by atoms with Crippen molar-refractivity contribution in [3.05, 3.63) is 0 Å². The minimum Gasteiger partial charge on any atom is -0.351 e. The van der Waals surface area contributed by atoms with Crippen LogP contribution in [-0.4, -0.2) is 49.1 Å². The van der Waals surface area contributed by atoms with Crippen LogP contribution in [0.1, 0.15) is 40.0 Å². The molecule has 1 saturated heterocycles. The molecule has 2 atom stereocenters. The number of nitrogens with zero attached hydrogens (tertiary/aromatic N) is 1. The van der Waals surface area contributed by atoms with E-state index in [0.29, 0.717) is 0 Å². The van der Waals surface area contributed by atoms with Crippen molar-refractivity contribution in [1.82, 2.24) is 15.5 Å². The third-order valence-electron chi connectivity index (χ3n) is 3.44. The molecule has 0 spiro atoms. The van der Waals surface area contributed by atoms with Gasteiger partial charge in [-0.15, -0.1) is 0 Å². The normalized spacial score (nSPS) is 22.5. The van der Waals surface area contributed by atoms with Crippen LogP contribution in [0.2, 0.25) is 0 Å². The van der Waals surface area contributed by atoms with E-state index in [1.54, 1.807) is 0 Å². The van der Waals surface area contributed by atoms with Crippen molar-refractivity contribution in [1.29, 1.82) is 0 Å². The van der Waals surface area contributed by atoms with Gasteiger partial charge in [0.2, 0.25) is 5.91 Å². The van der Waals surface area contributed by atoms with Crippen molar-refractivity contribution in [3.63, 3.8) is 0 Å². The summed E-state index contributed by atoms with van der Waals surface area (Å²) in [6.07, 6.45) is 3.33. The van der Waals surface area contributed by atoms with Crippen molar-refractivity contribution >= 4 is 5.91 Å². The zero-order chi connectivity index (χ0) is 12.7. The van der Waals surface area contributed by atoms with Crippen LogP contribution >= 0.6 is 0 Å². The van der Waals surface area contributed by atoms with E-state index in [2.05, 4.69) is 36.3 Å². The molecule has 17 heavy (non-hydrogen) atoms. The predicted molar refractivity (Wildman–Crippen MR) is 71.0 cm³/mol. The smallest absolute Gasteiger partial charge is 0.237 e. The Bertz CT molecular complexity index is 223. The summed E-state index contributed by atoms with van der Waals surface area (Å²) in [5, 5.41) is 6.39. The molecule has 1 rings (SSSR count). The lowest BCUT2D eigenvalue weighted by atomic mass is 10.0. The molecular weight excluding hydrogens is 214 g/mol. The summed E-state index contributed by atoms with van der Waals surface area (Å²) in [5.74, 6) is 0.171. The molecule has 0 aromatic rings. The number of carbonyl (C=O) groups is 1. The van der Waals surface area contributed by atoms with E-state index < -0.39 is 0 Å². The molecule has 4 heteroatoms. The van der Waals surface area contributed by atoms with Gasteiger partial charge in [-0.25, -0.2) is 0 Å². The summed E-state index contributed by atoms with van der Waals surface area (Å²) in [6, 6.07) is 0.258. The van der Waals surface area contributed by atoms with Crippen LogP contribution in [0.15, 0.2) is 0 Å². The number of piperidine rings is 1. The first-order valence-corrected chi connectivity index (χ1v) is 6.93. The first kappa shape index (κ1) is 14.5. The monoisotopic (exact) mass is 241 g/mol. The molecule has 0 aliphatic carbocycles. The van der Waals surface area contributed by atoms with E-state index in [9.17, 15) is 4.79 Å². The molecule has 0 aromatic carbocycles. The molecule has 4 nitrogen and oxygen atoms in total. The number of hydrogen-bond donors (Lipinski definition) is 2. The van der Waals surface area contributed by atoms with E-state index in [1.165, 1.54) is 6.42 Å². The van der Waals surface area contributed by atoms with Gasteiger partial charge in [-0.1, -0.05) is 20.3 Å². The Kier molecular flexibility index (Phi) is 6.52. The van der Waals surface area contributed by atoms with Gasteiger partial charge in [0.15, 0.2) is 0 Å². The van der Waals surface area contributed by atoms with Gasteiger partial charge in [0.1, 0.15) is 0 Å². The molecule has 1 aliphatic heterocycles. The van der Waals surface area contributed by atoms with E-state index in [-0.39, 0.29) is 18.0 Å². The van der Waals surface area contributed by atoms with Gasteiger partial charge >= 0.3 is 0 Å². The zero-order valence-electron chi connectivity index (χ0n) is 11.5. The van der Waals surface area contributed by atoms with Crippen LogP contribution in [0.3, 0.4) is 0 Å². The Labute approximate surface area is 105 Å². The van der Waals surface area contributed by atoms with Crippen molar-refractivity contribution in [2.24, 2.45) is 0 Å². The van der Waals surface area contributed by atoms with Crippen molar-refractivity contribution < 1.29 is 4.79 Å². The highest BCUT2D eigenvalue weighted by Gasteiger charge is 2.21. The second-order valence-corrected chi connectivity index (χ2v) is 4.90. The van der Waals surface area contributed by atoms with Crippen molar-refractivity contribution in [3.8, 4) is 0 Å². The molecule has 1 heterocycles. The first-order valence-electron chi connectivity index (χ1n) is 6.93. The maximum atomic E-state index is 12.0. The van der Waals surface area contributed by atoms with Crippen LogP contribution < -0.4 is 10.6 Å². The Morgan fingerprint density at radius 3 is 2.65 bits per heavy atom. The Hall–Kier alpha value is -0.610. The summed E-state index contributed by atoms with van der Waals surface area (Å²) in [7, 11) is 0. The summed E-state index contributed by atoms with van der Waals surface area (Å²) in [4.78, 5) is 14.3. The van der Waals surface area contributed by atoms with Crippen molar-refractivity contribution in [2.45, 2.75) is 52.1 Å². The average Bonchev–Trinajstić information content (AvgIpc) is 2.37. The predicted octanol–water partition coefficient (Wildman–Crippen LogP) is 0.975. The van der Waals surface area contributed by atoms with Gasteiger partial charge in [0.25, 0.3) is 0 Å². The Balaban J connectivity index is 2.29. The summed E-state index contributed by atoms with van der Waals surface area (Å²) in [6.45, 7) is 10.4. The van der Waals surface area contributed by atoms with E-state index >= 15 is 0 Å². The summed E-state index contributed by atoms with van der Waals surface area (Å²) >= 11 is 0. The number of nitrogens with one attached hydrogen (secondary N) is 2. The standard InChI is InChI=1S/C13H27N3O/c1-4-16(5-2)10-11(3)15-13(17)12-8-6-7-9-14-12/h11-12,14H,4-10H2,1-3H3,(H,15,17)/t11?,12-/m1/s1. The number of likely N-dealkylation sites (N-methyl/N-ethyl adjacent to an activating group) is 1. The molecule has 1 aliphatic rings. The highest BCUT2D eigenvalue weighted by molar-refractivity contribution is 5.82. The molecule has 0 radical (unpaired) electrons. The number of rotatable bonds is 6. The minimum atomic E-state index is 0.0305. The van der Waals surface area contributed by atoms with Gasteiger partial charge in [-0.2, -0.15) is 0 Å². The highest BCUT2D eigenvalue weighted by atomic mass is 16.2. The second-order valence-electron chi connectivity index (χ2n) is 4.90. The van der Waals surface area contributed by atoms with Gasteiger partial charge < -0.3 is 15.5 Å². The summed E-state index contributed by atoms with van der Waals surface area (Å²) in [5.41, 5.74) is 0. The van der Waals surface area contributed by atoms with Gasteiger partial charge in [0.05, 0.1) is 6.04 Å². The zero-order valence-corrected chi connectivity index (χ0v) is 11.5. The van der Waals surface area contributed by atoms with Gasteiger partial charge in [0, 0.05) is 12.6 Å². The average molecular weight is 241 g/mol. The third-order valence-corrected chi connectivity index (χ3v) is 3.44. The van der Waals surface area contributed by atoms with Crippen LogP contribution in [0.25, 0.3) is 0 Å². The molecule has 1 unspecified atom stereocenters. The lowest BCUT2D eigenvalue weighted by Gasteiger charge is -2.27. The van der Waals surface area contributed by atoms with Crippen LogP contribution in [0.4, 0.5) is 0 Å². The van der Waals surface area contributed by atoms with Crippen LogP contribution in [0, 0.1) is 0 Å². The largest absolute Gasteiger partial charge is 0.351 e. The molecule has 1 fully saturated rings. The van der Waals surface area contributed by atoms with E-state index in [0.717, 1.165) is 39.0 Å². The second kappa shape index (κ2) is 7.67. The topological polar surface area (TPSA) is 44.4 Å². The fraction of sp³-hybridized carbons (Fsp3) is 0.923. The quantitative estimate of drug-likeness (QED) is 0.728. The van der Waals surface area contributed by atoms with Crippen LogP contribution in [-0.2, 0) is 4.79 Å². The minimum absolute atomic E-state index is 0.0305. The molecule has 2 N–H and O–H groups in total. The third kappa shape index (κ3) is 5.04. The van der Waals surface area contributed by atoms with E-state index in [4.69, 9.17) is 0 Å². The Morgan fingerprint density at radius 2 is 2.12 bits per heavy atom. The molecule has 0 bridgehead atoms. The van der Waals surface area contributed by atoms with Gasteiger partial charge in [-0.05, 0) is 39.4 Å². The van der Waals surface area contributed by atoms with Crippen LogP contribution in [0.5, 0.6) is 0 Å². The molecule has 0 aromatic heterocycles. The SMILES string of the molecule is CCN(CC)CC(C)NC(=O)[C@H]1CCCCN1. The first-order chi connectivity index (χ1) is 8.17. The highest BCUT2D eigenvalue weighted by Crippen LogP contribution is 2.07. The number of carbonyl (C=O) groups excluding carboxylic acids is 1. The molecule has 100 valence electrons. The molecule has 0 saturated carbocycles. The maximum absolute atomic E-state index is 12.0. The maximum Gasteiger partial charge on any atom is 0.237 e. The Morgan fingerprint density at radius 1 is 1.41 bits per heavy atom. The van der Waals surface area contributed by atoms with Gasteiger partial charge in [-0.3, -0.25) is 4.79 Å². The van der Waals surface area contributed by atoms with Crippen molar-refractivity contribution in [2.75, 3.05) is 26.2 Å². The fourth-order valence-electron chi connectivity index (χ4n) is 2.33. The summed E-state index contributed by atoms with van der Waals surface area (Å²) < 4.78 is 0. The fourth-order valence-corrected chi connectivity index (χ4v) is 2.33. The molecule has 1 amide bonds. The number of hydrogen-bond acceptors (Lipinski definition) is 3. The van der Waals surface area contributed by atoms with E-state index in [1.807, 2.05) is 0 Å². The lowest BCUT2D eigenvalue weighted by Crippen LogP contribution is -2.51.